The van der Waals surface area contributed by atoms with Gasteiger partial charge in [-0.15, -0.1) is 0 Å². The van der Waals surface area contributed by atoms with Gasteiger partial charge >= 0.3 is 0 Å². The first-order chi connectivity index (χ1) is 13.7. The molecule has 0 fully saturated rings. The van der Waals surface area contributed by atoms with Crippen LogP contribution >= 0.6 is 0 Å². The van der Waals surface area contributed by atoms with E-state index in [-0.39, 0.29) is 0 Å². The predicted molar refractivity (Wildman–Crippen MR) is 111 cm³/mol. The molecule has 1 aliphatic rings. The lowest BCUT2D eigenvalue weighted by atomic mass is 10.1. The van der Waals surface area contributed by atoms with Gasteiger partial charge in [0.2, 0.25) is 0 Å². The second-order valence-corrected chi connectivity index (χ2v) is 6.87. The lowest BCUT2D eigenvalue weighted by Gasteiger charge is -2.24. The summed E-state index contributed by atoms with van der Waals surface area (Å²) in [6.45, 7) is 5.00. The van der Waals surface area contributed by atoms with Crippen LogP contribution in [0, 0.1) is 0 Å². The minimum atomic E-state index is -0.515. The lowest BCUT2D eigenvalue weighted by Crippen LogP contribution is -2.39. The maximum atomic E-state index is 10.3. The van der Waals surface area contributed by atoms with Crippen molar-refractivity contribution >= 4 is 5.96 Å². The second kappa shape index (κ2) is 9.99. The first kappa shape index (κ1) is 20.0. The molecule has 2 aromatic carbocycles. The Bertz CT molecular complexity index is 780. The zero-order chi connectivity index (χ0) is 19.8. The summed E-state index contributed by atoms with van der Waals surface area (Å²) in [5.74, 6) is 2.35. The Hall–Kier alpha value is -2.73. The number of aliphatic imine (C=N–C) groups is 1. The Morgan fingerprint density at radius 1 is 1.11 bits per heavy atom. The highest BCUT2D eigenvalue weighted by Gasteiger charge is 2.14. The van der Waals surface area contributed by atoms with Crippen molar-refractivity contribution in [3.05, 3.63) is 59.7 Å². The maximum Gasteiger partial charge on any atom is 0.194 e. The van der Waals surface area contributed by atoms with Gasteiger partial charge in [0.25, 0.3) is 0 Å². The van der Waals surface area contributed by atoms with Gasteiger partial charge in [-0.1, -0.05) is 36.4 Å². The summed E-state index contributed by atoms with van der Waals surface area (Å²) in [4.78, 5) is 6.66. The van der Waals surface area contributed by atoms with Gasteiger partial charge in [-0.2, -0.15) is 0 Å². The van der Waals surface area contributed by atoms with Crippen molar-refractivity contribution in [1.29, 1.82) is 0 Å². The molecule has 0 aliphatic carbocycles. The lowest BCUT2D eigenvalue weighted by molar-refractivity contribution is 0.171. The Morgan fingerprint density at radius 3 is 2.61 bits per heavy atom. The molecule has 0 saturated heterocycles. The van der Waals surface area contributed by atoms with E-state index >= 15 is 0 Å². The Morgan fingerprint density at radius 2 is 1.86 bits per heavy atom. The van der Waals surface area contributed by atoms with E-state index in [4.69, 9.17) is 9.47 Å². The first-order valence-corrected chi connectivity index (χ1v) is 9.75. The van der Waals surface area contributed by atoms with Gasteiger partial charge in [-0.3, -0.25) is 4.99 Å². The Kier molecular flexibility index (Phi) is 7.14. The van der Waals surface area contributed by atoms with Crippen molar-refractivity contribution in [3.8, 4) is 11.5 Å². The highest BCUT2D eigenvalue weighted by molar-refractivity contribution is 5.79. The fraction of sp³-hybridized carbons (Fsp3) is 0.409. The van der Waals surface area contributed by atoms with E-state index in [0.29, 0.717) is 32.7 Å². The van der Waals surface area contributed by atoms with Crippen LogP contribution in [0.3, 0.4) is 0 Å². The van der Waals surface area contributed by atoms with Crippen LogP contribution in [-0.4, -0.2) is 55.4 Å². The second-order valence-electron chi connectivity index (χ2n) is 6.87. The summed E-state index contributed by atoms with van der Waals surface area (Å²) in [7, 11) is 1.99. The number of ether oxygens (including phenoxy) is 2. The minimum Gasteiger partial charge on any atom is -0.486 e. The van der Waals surface area contributed by atoms with Crippen molar-refractivity contribution in [2.24, 2.45) is 4.99 Å². The fourth-order valence-corrected chi connectivity index (χ4v) is 3.15. The number of rotatable bonds is 7. The summed E-state index contributed by atoms with van der Waals surface area (Å²) in [6, 6.07) is 16.0. The third kappa shape index (κ3) is 5.63. The third-order valence-electron chi connectivity index (χ3n) is 4.49. The smallest absolute Gasteiger partial charge is 0.194 e. The molecule has 2 aromatic rings. The summed E-state index contributed by atoms with van der Waals surface area (Å²) >= 11 is 0. The number of fused-ring (bicyclic) bond motifs is 1. The van der Waals surface area contributed by atoms with E-state index in [9.17, 15) is 5.11 Å². The van der Waals surface area contributed by atoms with Crippen LogP contribution in [0.15, 0.2) is 53.5 Å². The van der Waals surface area contributed by atoms with Crippen LogP contribution in [0.5, 0.6) is 11.5 Å². The van der Waals surface area contributed by atoms with Crippen molar-refractivity contribution in [2.75, 3.05) is 33.4 Å². The molecule has 1 heterocycles. The van der Waals surface area contributed by atoms with Crippen molar-refractivity contribution < 1.29 is 14.6 Å². The van der Waals surface area contributed by atoms with Crippen molar-refractivity contribution in [1.82, 2.24) is 10.2 Å². The van der Waals surface area contributed by atoms with Gasteiger partial charge in [0, 0.05) is 26.6 Å². The monoisotopic (exact) mass is 383 g/mol. The molecule has 0 bridgehead atoms. The van der Waals surface area contributed by atoms with Gasteiger partial charge in [0.1, 0.15) is 13.2 Å². The van der Waals surface area contributed by atoms with Gasteiger partial charge < -0.3 is 24.8 Å². The van der Waals surface area contributed by atoms with Crippen LogP contribution in [0.25, 0.3) is 0 Å². The molecule has 150 valence electrons. The molecular formula is C22H29N3O3. The van der Waals surface area contributed by atoms with E-state index in [2.05, 4.69) is 10.3 Å². The van der Waals surface area contributed by atoms with Crippen molar-refractivity contribution in [2.45, 2.75) is 26.0 Å². The van der Waals surface area contributed by atoms with E-state index in [1.165, 1.54) is 0 Å². The van der Waals surface area contributed by atoms with Crippen LogP contribution in [0.2, 0.25) is 0 Å². The normalized spacial score (nSPS) is 14.5. The standard InChI is InChI=1S/C22H29N3O3/c1-3-23-22(24-15-19(26)13-17-7-5-4-6-8-17)25(2)16-18-9-10-20-21(14-18)28-12-11-27-20/h4-10,14,19,26H,3,11-13,15-16H2,1-2H3,(H,23,24). The Labute approximate surface area is 166 Å². The molecule has 3 rings (SSSR count). The minimum absolute atomic E-state index is 0.350. The predicted octanol–water partition coefficient (Wildman–Crippen LogP) is 2.46. The molecule has 0 amide bonds. The number of hydrogen-bond donors (Lipinski definition) is 2. The quantitative estimate of drug-likeness (QED) is 0.568. The molecule has 2 N–H and O–H groups in total. The molecule has 0 spiro atoms. The summed E-state index contributed by atoms with van der Waals surface area (Å²) in [6.07, 6.45) is 0.0778. The third-order valence-corrected chi connectivity index (χ3v) is 4.49. The average Bonchev–Trinajstić information content (AvgIpc) is 2.71. The molecule has 1 aliphatic heterocycles. The highest BCUT2D eigenvalue weighted by atomic mass is 16.6. The molecule has 1 atom stereocenters. The topological polar surface area (TPSA) is 66.3 Å². The number of aliphatic hydroxyl groups excluding tert-OH is 1. The molecule has 1 unspecified atom stereocenters. The first-order valence-electron chi connectivity index (χ1n) is 9.75. The maximum absolute atomic E-state index is 10.3. The van der Waals surface area contributed by atoms with Crippen LogP contribution in [0.4, 0.5) is 0 Å². The summed E-state index contributed by atoms with van der Waals surface area (Å²) < 4.78 is 11.2. The number of aliphatic hydroxyl groups is 1. The molecular weight excluding hydrogens is 354 g/mol. The van der Waals surface area contributed by atoms with Crippen LogP contribution < -0.4 is 14.8 Å². The van der Waals surface area contributed by atoms with E-state index < -0.39 is 6.10 Å². The summed E-state index contributed by atoms with van der Waals surface area (Å²) in [5, 5.41) is 13.6. The Balaban J connectivity index is 1.61. The fourth-order valence-electron chi connectivity index (χ4n) is 3.15. The van der Waals surface area contributed by atoms with Gasteiger partial charge in [0.15, 0.2) is 17.5 Å². The number of benzene rings is 2. The van der Waals surface area contributed by atoms with Gasteiger partial charge in [0.05, 0.1) is 12.6 Å². The van der Waals surface area contributed by atoms with E-state index in [1.54, 1.807) is 0 Å². The van der Waals surface area contributed by atoms with Gasteiger partial charge in [-0.05, 0) is 30.2 Å². The van der Waals surface area contributed by atoms with Crippen LogP contribution in [-0.2, 0) is 13.0 Å². The molecule has 0 aromatic heterocycles. The van der Waals surface area contributed by atoms with Crippen molar-refractivity contribution in [3.63, 3.8) is 0 Å². The molecule has 0 radical (unpaired) electrons. The number of nitrogens with one attached hydrogen (secondary N) is 1. The highest BCUT2D eigenvalue weighted by Crippen LogP contribution is 2.31. The molecule has 28 heavy (non-hydrogen) atoms. The zero-order valence-electron chi connectivity index (χ0n) is 16.6. The molecule has 0 saturated carbocycles. The summed E-state index contributed by atoms with van der Waals surface area (Å²) in [5.41, 5.74) is 2.22. The number of guanidine groups is 1. The number of nitrogens with zero attached hydrogens (tertiary/aromatic N) is 2. The molecule has 6 heteroatoms. The SMILES string of the molecule is CCNC(=NCC(O)Cc1ccccc1)N(C)Cc1ccc2c(c1)OCCO2. The van der Waals surface area contributed by atoms with E-state index in [0.717, 1.165) is 35.1 Å². The average molecular weight is 383 g/mol. The molecule has 6 nitrogen and oxygen atoms in total. The van der Waals surface area contributed by atoms with E-state index in [1.807, 2.05) is 67.4 Å². The zero-order valence-corrected chi connectivity index (χ0v) is 16.6. The number of hydrogen-bond acceptors (Lipinski definition) is 4. The largest absolute Gasteiger partial charge is 0.486 e. The van der Waals surface area contributed by atoms with Gasteiger partial charge in [-0.25, -0.2) is 0 Å². The van der Waals surface area contributed by atoms with Crippen LogP contribution in [0.1, 0.15) is 18.1 Å².